The van der Waals surface area contributed by atoms with Crippen LogP contribution >= 0.6 is 0 Å². The van der Waals surface area contributed by atoms with Crippen LogP contribution in [-0.2, 0) is 9.59 Å². The van der Waals surface area contributed by atoms with Crippen molar-refractivity contribution in [1.29, 1.82) is 0 Å². The molecule has 108 valence electrons. The summed E-state index contributed by atoms with van der Waals surface area (Å²) in [6.07, 6.45) is 6.88. The second-order valence-corrected chi connectivity index (χ2v) is 4.95. The molecule has 4 nitrogen and oxygen atoms in total. The Morgan fingerprint density at radius 2 is 1.42 bits per heavy atom. The number of rotatable bonds is 11. The van der Waals surface area contributed by atoms with E-state index < -0.39 is 17.4 Å². The maximum absolute atomic E-state index is 11.3. The van der Waals surface area contributed by atoms with E-state index in [4.69, 9.17) is 5.11 Å². The minimum absolute atomic E-state index is 0. The van der Waals surface area contributed by atoms with Crippen LogP contribution in [0.3, 0.4) is 0 Å². The molecule has 0 bridgehead atoms. The van der Waals surface area contributed by atoms with Crippen LogP contribution in [0.1, 0.15) is 73.1 Å². The maximum atomic E-state index is 11.3. The summed E-state index contributed by atoms with van der Waals surface area (Å²) in [6.45, 7) is 3.87. The third kappa shape index (κ3) is 8.66. The van der Waals surface area contributed by atoms with E-state index in [-0.39, 0.29) is 37.4 Å². The van der Waals surface area contributed by atoms with Crippen LogP contribution in [0, 0.1) is 5.41 Å². The zero-order valence-electron chi connectivity index (χ0n) is 13.6. The third-order valence-corrected chi connectivity index (χ3v) is 3.85. The number of carboxylic acids is 2. The van der Waals surface area contributed by atoms with Crippen molar-refractivity contribution in [3.8, 4) is 0 Å². The number of unbranched alkanes of at least 4 members (excludes halogenated alkanes) is 4. The Morgan fingerprint density at radius 3 is 1.84 bits per heavy atom. The van der Waals surface area contributed by atoms with Crippen LogP contribution in [0.25, 0.3) is 0 Å². The Labute approximate surface area is 139 Å². The molecule has 0 aliphatic carbocycles. The summed E-state index contributed by atoms with van der Waals surface area (Å²) in [5, 5.41) is 17.7. The first-order valence-electron chi connectivity index (χ1n) is 6.93. The van der Waals surface area contributed by atoms with Crippen molar-refractivity contribution in [1.82, 2.24) is 0 Å². The third-order valence-electron chi connectivity index (χ3n) is 3.85. The maximum Gasteiger partial charge on any atom is 1.00 e. The van der Waals surface area contributed by atoms with Crippen LogP contribution in [0.5, 0.6) is 0 Å². The molecule has 0 aromatic rings. The topological polar surface area (TPSA) is 74.6 Å². The summed E-state index contributed by atoms with van der Waals surface area (Å²) in [7, 11) is 0. The van der Waals surface area contributed by atoms with E-state index in [9.17, 15) is 14.7 Å². The smallest absolute Gasteiger partial charge is 1.00 e. The van der Waals surface area contributed by atoms with Crippen LogP contribution in [0.2, 0.25) is 0 Å². The number of aliphatic carboxylic acids is 2. The van der Waals surface area contributed by atoms with Crippen molar-refractivity contribution in [2.24, 2.45) is 5.41 Å². The summed E-state index contributed by atoms with van der Waals surface area (Å²) >= 11 is 0. The van der Waals surface area contributed by atoms with Gasteiger partial charge in [0.05, 0.1) is 5.41 Å². The number of hydrogen-bond donors (Lipinski definition) is 2. The van der Waals surface area contributed by atoms with Gasteiger partial charge in [0.25, 0.3) is 0 Å². The second kappa shape index (κ2) is 11.7. The molecule has 0 spiro atoms. The number of hydrogen-bond acceptors (Lipinski definition) is 2. The van der Waals surface area contributed by atoms with E-state index in [0.717, 1.165) is 38.5 Å². The van der Waals surface area contributed by atoms with Crippen molar-refractivity contribution in [2.45, 2.75) is 71.6 Å². The molecule has 0 saturated heterocycles. The predicted octanol–water partition coefficient (Wildman–Crippen LogP) is 0.809. The zero-order valence-corrected chi connectivity index (χ0v) is 14.6. The minimum atomic E-state index is -0.739. The molecule has 0 aliphatic rings. The van der Waals surface area contributed by atoms with Gasteiger partial charge in [-0.2, -0.15) is 0 Å². The minimum Gasteiger partial charge on any atom is -1.00 e. The molecular formula is C14H27NaO4. The Bertz CT molecular complexity index is 268. The molecule has 0 rings (SSSR count). The molecule has 0 atom stereocenters. The molecule has 0 aromatic carbocycles. The standard InChI is InChI=1S/C14H26O4.Na.H/c1-3-14(4-2,13(17)18)11-9-7-5-6-8-10-12(15)16;;/h3-11H2,1-2H3,(H,15,16)(H,17,18);;/q;+1;-1. The van der Waals surface area contributed by atoms with Crippen molar-refractivity contribution in [3.63, 3.8) is 0 Å². The van der Waals surface area contributed by atoms with E-state index in [1.165, 1.54) is 0 Å². The molecule has 0 amide bonds. The van der Waals surface area contributed by atoms with Gasteiger partial charge < -0.3 is 11.6 Å². The van der Waals surface area contributed by atoms with E-state index in [1.54, 1.807) is 0 Å². The van der Waals surface area contributed by atoms with Gasteiger partial charge in [-0.3, -0.25) is 9.59 Å². The fraction of sp³-hybridized carbons (Fsp3) is 0.857. The van der Waals surface area contributed by atoms with Crippen molar-refractivity contribution in [2.75, 3.05) is 0 Å². The number of carboxylic acid groups (broad SMARTS) is 2. The first kappa shape index (κ1) is 21.2. The molecule has 0 fully saturated rings. The van der Waals surface area contributed by atoms with Gasteiger partial charge >= 0.3 is 41.5 Å². The van der Waals surface area contributed by atoms with Crippen LogP contribution < -0.4 is 29.6 Å². The Kier molecular flexibility index (Phi) is 13.1. The van der Waals surface area contributed by atoms with E-state index in [1.807, 2.05) is 13.8 Å². The van der Waals surface area contributed by atoms with Gasteiger partial charge in [0.2, 0.25) is 0 Å². The summed E-state index contributed by atoms with van der Waals surface area (Å²) in [5.74, 6) is -1.42. The molecule has 0 aliphatic heterocycles. The monoisotopic (exact) mass is 282 g/mol. The fourth-order valence-corrected chi connectivity index (χ4v) is 2.28. The van der Waals surface area contributed by atoms with E-state index in [2.05, 4.69) is 0 Å². The predicted molar refractivity (Wildman–Crippen MR) is 71.7 cm³/mol. The normalized spacial score (nSPS) is 10.8. The second-order valence-electron chi connectivity index (χ2n) is 4.95. The molecule has 0 aromatic heterocycles. The van der Waals surface area contributed by atoms with Gasteiger partial charge in [-0.05, 0) is 25.7 Å². The first-order valence-corrected chi connectivity index (χ1v) is 6.93. The summed E-state index contributed by atoms with van der Waals surface area (Å²) in [4.78, 5) is 21.6. The fourth-order valence-electron chi connectivity index (χ4n) is 2.28. The Morgan fingerprint density at radius 1 is 0.947 bits per heavy atom. The molecule has 2 N–H and O–H groups in total. The van der Waals surface area contributed by atoms with Gasteiger partial charge in [-0.1, -0.05) is 39.5 Å². The molecular weight excluding hydrogens is 255 g/mol. The molecule has 0 radical (unpaired) electrons. The Hall–Kier alpha value is -0.0600. The summed E-state index contributed by atoms with van der Waals surface area (Å²) < 4.78 is 0. The SMILES string of the molecule is CCC(CC)(CCCCCCCC(=O)O)C(=O)O.[H-].[Na+]. The number of carbonyl (C=O) groups is 2. The largest absolute Gasteiger partial charge is 1.00 e. The average Bonchev–Trinajstić information content (AvgIpc) is 2.32. The Balaban J connectivity index is -0.00000144. The molecule has 19 heavy (non-hydrogen) atoms. The van der Waals surface area contributed by atoms with Crippen molar-refractivity contribution >= 4 is 11.9 Å². The molecule has 0 heterocycles. The van der Waals surface area contributed by atoms with Crippen molar-refractivity contribution in [3.05, 3.63) is 0 Å². The molecule has 5 heteroatoms. The van der Waals surface area contributed by atoms with Gasteiger partial charge in [-0.25, -0.2) is 0 Å². The van der Waals surface area contributed by atoms with Gasteiger partial charge in [0.1, 0.15) is 0 Å². The van der Waals surface area contributed by atoms with E-state index >= 15 is 0 Å². The average molecular weight is 282 g/mol. The van der Waals surface area contributed by atoms with Gasteiger partial charge in [0.15, 0.2) is 0 Å². The van der Waals surface area contributed by atoms with E-state index in [0.29, 0.717) is 12.8 Å². The molecule has 0 saturated carbocycles. The van der Waals surface area contributed by atoms with Gasteiger partial charge in [0, 0.05) is 6.42 Å². The quantitative estimate of drug-likeness (QED) is 0.434. The first-order chi connectivity index (χ1) is 8.48. The van der Waals surface area contributed by atoms with Gasteiger partial charge in [-0.15, -0.1) is 0 Å². The molecule has 0 unspecified atom stereocenters. The van der Waals surface area contributed by atoms with Crippen LogP contribution in [0.4, 0.5) is 0 Å². The van der Waals surface area contributed by atoms with Crippen LogP contribution in [0.15, 0.2) is 0 Å². The zero-order chi connectivity index (χ0) is 14.0. The van der Waals surface area contributed by atoms with Crippen LogP contribution in [-0.4, -0.2) is 22.2 Å². The summed E-state index contributed by atoms with van der Waals surface area (Å²) in [5.41, 5.74) is -0.554. The summed E-state index contributed by atoms with van der Waals surface area (Å²) in [6, 6.07) is 0. The van der Waals surface area contributed by atoms with Crippen molar-refractivity contribution < 1.29 is 50.8 Å².